The number of carbonyl (C=O) groups excluding carboxylic acids is 1. The van der Waals surface area contributed by atoms with Gasteiger partial charge in [0.25, 0.3) is 5.56 Å². The van der Waals surface area contributed by atoms with E-state index < -0.39 is 0 Å². The van der Waals surface area contributed by atoms with E-state index in [1.807, 2.05) is 43.3 Å². The lowest BCUT2D eigenvalue weighted by Gasteiger charge is -2.28. The Labute approximate surface area is 177 Å². The summed E-state index contributed by atoms with van der Waals surface area (Å²) in [7, 11) is 4.05. The first kappa shape index (κ1) is 22.2. The maximum absolute atomic E-state index is 13.2. The van der Waals surface area contributed by atoms with Crippen molar-refractivity contribution in [3.8, 4) is 0 Å². The molecule has 1 aromatic heterocycles. The molecule has 0 saturated carbocycles. The topological polar surface area (TPSA) is 79.7 Å². The Balaban J connectivity index is 1.75. The fraction of sp³-hybridized carbons (Fsp3) is 0.591. The first-order valence-corrected chi connectivity index (χ1v) is 10.5. The largest absolute Gasteiger partial charge is 0.378 e. The molecule has 1 aliphatic rings. The predicted molar refractivity (Wildman–Crippen MR) is 119 cm³/mol. The third kappa shape index (κ3) is 5.58. The van der Waals surface area contributed by atoms with Gasteiger partial charge in [0.2, 0.25) is 5.91 Å². The molecule has 1 amide bonds. The van der Waals surface area contributed by atoms with Crippen LogP contribution in [0, 0.1) is 5.41 Å². The van der Waals surface area contributed by atoms with Crippen LogP contribution in [-0.4, -0.2) is 73.8 Å². The molecule has 0 bridgehead atoms. The van der Waals surface area contributed by atoms with Gasteiger partial charge < -0.3 is 24.4 Å². The number of morpholine rings is 1. The highest BCUT2D eigenvalue weighted by Gasteiger charge is 2.21. The Morgan fingerprint density at radius 1 is 1.23 bits per heavy atom. The molecule has 1 aliphatic heterocycles. The number of amides is 1. The Morgan fingerprint density at radius 2 is 1.93 bits per heavy atom. The van der Waals surface area contributed by atoms with E-state index >= 15 is 0 Å². The van der Waals surface area contributed by atoms with E-state index in [9.17, 15) is 9.59 Å². The van der Waals surface area contributed by atoms with E-state index in [1.54, 1.807) is 4.57 Å². The number of nitrogens with one attached hydrogen (secondary N) is 1. The summed E-state index contributed by atoms with van der Waals surface area (Å²) in [6.45, 7) is 8.49. The molecule has 0 atom stereocenters. The minimum Gasteiger partial charge on any atom is -0.378 e. The van der Waals surface area contributed by atoms with Crippen LogP contribution in [0.5, 0.6) is 0 Å². The Kier molecular flexibility index (Phi) is 7.10. The summed E-state index contributed by atoms with van der Waals surface area (Å²) in [6, 6.07) is 7.58. The van der Waals surface area contributed by atoms with Crippen molar-refractivity contribution in [1.29, 1.82) is 0 Å². The second kappa shape index (κ2) is 9.57. The molecule has 1 N–H and O–H groups in total. The first-order valence-electron chi connectivity index (χ1n) is 10.5. The number of para-hydroxylation sites is 2. The predicted octanol–water partition coefficient (Wildman–Crippen LogP) is 1.33. The molecule has 1 saturated heterocycles. The zero-order valence-corrected chi connectivity index (χ0v) is 18.5. The monoisotopic (exact) mass is 415 g/mol. The minimum absolute atomic E-state index is 0.0249. The van der Waals surface area contributed by atoms with Gasteiger partial charge in [0.1, 0.15) is 0 Å². The Hall–Kier alpha value is -2.45. The van der Waals surface area contributed by atoms with Gasteiger partial charge in [-0.2, -0.15) is 0 Å². The van der Waals surface area contributed by atoms with Crippen LogP contribution in [0.1, 0.15) is 20.3 Å². The number of nitrogens with zero attached hydrogens (tertiary/aromatic N) is 4. The zero-order valence-electron chi connectivity index (χ0n) is 18.5. The lowest BCUT2D eigenvalue weighted by Crippen LogP contribution is -2.42. The normalized spacial score (nSPS) is 15.0. The van der Waals surface area contributed by atoms with E-state index in [0.29, 0.717) is 45.2 Å². The van der Waals surface area contributed by atoms with Crippen LogP contribution >= 0.6 is 0 Å². The number of fused-ring (bicyclic) bond motifs is 1. The number of carbonyl (C=O) groups is 1. The average molecular weight is 416 g/mol. The molecule has 164 valence electrons. The van der Waals surface area contributed by atoms with E-state index in [0.717, 1.165) is 17.6 Å². The summed E-state index contributed by atoms with van der Waals surface area (Å²) in [5, 5.41) is 3.02. The van der Waals surface area contributed by atoms with Gasteiger partial charge in [-0.3, -0.25) is 9.59 Å². The van der Waals surface area contributed by atoms with Crippen LogP contribution < -0.4 is 15.8 Å². The highest BCUT2D eigenvalue weighted by molar-refractivity contribution is 5.78. The summed E-state index contributed by atoms with van der Waals surface area (Å²) in [6.07, 6.45) is 0.245. The van der Waals surface area contributed by atoms with Crippen molar-refractivity contribution in [2.45, 2.75) is 26.8 Å². The van der Waals surface area contributed by atoms with Crippen molar-refractivity contribution in [2.24, 2.45) is 5.41 Å². The molecular formula is C22H33N5O3. The number of hydrogen-bond donors (Lipinski definition) is 1. The third-order valence-corrected chi connectivity index (χ3v) is 5.22. The van der Waals surface area contributed by atoms with Crippen molar-refractivity contribution >= 4 is 22.8 Å². The highest BCUT2D eigenvalue weighted by atomic mass is 16.5. The second-order valence-electron chi connectivity index (χ2n) is 8.91. The van der Waals surface area contributed by atoms with Crippen molar-refractivity contribution in [2.75, 3.05) is 58.4 Å². The van der Waals surface area contributed by atoms with Crippen LogP contribution in [0.3, 0.4) is 0 Å². The van der Waals surface area contributed by atoms with E-state index in [-0.39, 0.29) is 23.3 Å². The second-order valence-corrected chi connectivity index (χ2v) is 8.91. The molecule has 3 rings (SSSR count). The molecule has 2 aromatic rings. The molecule has 0 radical (unpaired) electrons. The van der Waals surface area contributed by atoms with Gasteiger partial charge in [0.15, 0.2) is 5.82 Å². The van der Waals surface area contributed by atoms with E-state index in [4.69, 9.17) is 4.74 Å². The number of rotatable bonds is 8. The number of anilines is 1. The number of ether oxygens (including phenoxy) is 1. The van der Waals surface area contributed by atoms with Crippen LogP contribution in [0.15, 0.2) is 29.1 Å². The number of hydrogen-bond acceptors (Lipinski definition) is 6. The summed E-state index contributed by atoms with van der Waals surface area (Å²) in [5.74, 6) is 0.382. The SMILES string of the molecule is CN(C)CC(C)(C)CNC(=O)CCn1c(=O)c(N2CCOCC2)nc2ccccc21. The van der Waals surface area contributed by atoms with Crippen LogP contribution in [-0.2, 0) is 16.1 Å². The molecule has 30 heavy (non-hydrogen) atoms. The van der Waals surface area contributed by atoms with Crippen molar-refractivity contribution in [3.05, 3.63) is 34.6 Å². The minimum atomic E-state index is -0.156. The molecule has 1 fully saturated rings. The number of aromatic nitrogens is 2. The summed E-state index contributed by atoms with van der Waals surface area (Å²) in [5.41, 5.74) is 1.32. The van der Waals surface area contributed by atoms with Crippen molar-refractivity contribution < 1.29 is 9.53 Å². The fourth-order valence-corrected chi connectivity index (χ4v) is 3.93. The van der Waals surface area contributed by atoms with Gasteiger partial charge >= 0.3 is 0 Å². The maximum atomic E-state index is 13.2. The summed E-state index contributed by atoms with van der Waals surface area (Å²) in [4.78, 5) is 34.4. The molecule has 8 nitrogen and oxygen atoms in total. The molecule has 1 aromatic carbocycles. The summed E-state index contributed by atoms with van der Waals surface area (Å²) >= 11 is 0. The van der Waals surface area contributed by atoms with Crippen molar-refractivity contribution in [1.82, 2.24) is 19.8 Å². The standard InChI is InChI=1S/C22H33N5O3/c1-22(2,16-25(3)4)15-23-19(28)9-10-27-18-8-6-5-7-17(18)24-20(21(27)29)26-11-13-30-14-12-26/h5-8H,9-16H2,1-4H3,(H,23,28). The maximum Gasteiger partial charge on any atom is 0.294 e. The number of aryl methyl sites for hydroxylation is 1. The van der Waals surface area contributed by atoms with Gasteiger partial charge in [0, 0.05) is 39.1 Å². The highest BCUT2D eigenvalue weighted by Crippen LogP contribution is 2.16. The van der Waals surface area contributed by atoms with Gasteiger partial charge in [-0.05, 0) is 31.6 Å². The molecule has 0 aliphatic carbocycles. The van der Waals surface area contributed by atoms with Gasteiger partial charge in [-0.25, -0.2) is 4.98 Å². The molecular weight excluding hydrogens is 382 g/mol. The quantitative estimate of drug-likeness (QED) is 0.701. The van der Waals surface area contributed by atoms with E-state index in [2.05, 4.69) is 29.0 Å². The van der Waals surface area contributed by atoms with Crippen LogP contribution in [0.4, 0.5) is 5.82 Å². The Bertz CT molecular complexity index is 932. The van der Waals surface area contributed by atoms with Gasteiger partial charge in [-0.15, -0.1) is 0 Å². The summed E-state index contributed by atoms with van der Waals surface area (Å²) < 4.78 is 7.08. The van der Waals surface area contributed by atoms with Gasteiger partial charge in [-0.1, -0.05) is 26.0 Å². The molecule has 0 spiro atoms. The lowest BCUT2D eigenvalue weighted by molar-refractivity contribution is -0.121. The van der Waals surface area contributed by atoms with Crippen LogP contribution in [0.25, 0.3) is 11.0 Å². The van der Waals surface area contributed by atoms with E-state index in [1.165, 1.54) is 0 Å². The van der Waals surface area contributed by atoms with Crippen molar-refractivity contribution in [3.63, 3.8) is 0 Å². The average Bonchev–Trinajstić information content (AvgIpc) is 2.71. The Morgan fingerprint density at radius 3 is 2.63 bits per heavy atom. The zero-order chi connectivity index (χ0) is 21.7. The first-order chi connectivity index (χ1) is 14.3. The van der Waals surface area contributed by atoms with Gasteiger partial charge in [0.05, 0.1) is 24.2 Å². The number of benzene rings is 1. The van der Waals surface area contributed by atoms with Crippen LogP contribution in [0.2, 0.25) is 0 Å². The third-order valence-electron chi connectivity index (χ3n) is 5.22. The lowest BCUT2D eigenvalue weighted by atomic mass is 9.93. The fourth-order valence-electron chi connectivity index (χ4n) is 3.93. The molecule has 2 heterocycles. The smallest absolute Gasteiger partial charge is 0.294 e. The molecule has 8 heteroatoms. The molecule has 0 unspecified atom stereocenters.